The molecule has 146 valence electrons. The maximum absolute atomic E-state index is 12.0. The number of nitriles is 1. The summed E-state index contributed by atoms with van der Waals surface area (Å²) in [4.78, 5) is 27.8. The Balaban J connectivity index is 2.04. The number of nitrogens with one attached hydrogen (secondary N) is 1. The SMILES string of the molecule is N#Cc1c(N)nc2c(c1N)C(c1ccc([N+](=O)[O-])cc1)C([N+](=O)[O-])=C1NCCN12. The van der Waals surface area contributed by atoms with E-state index in [-0.39, 0.29) is 39.8 Å². The fourth-order valence-corrected chi connectivity index (χ4v) is 3.74. The Morgan fingerprint density at radius 1 is 1.21 bits per heavy atom. The lowest BCUT2D eigenvalue weighted by Gasteiger charge is -2.31. The van der Waals surface area contributed by atoms with Crippen LogP contribution in [0.5, 0.6) is 0 Å². The molecule has 0 bridgehead atoms. The molecule has 1 atom stereocenters. The van der Waals surface area contributed by atoms with Crippen LogP contribution in [0, 0.1) is 31.6 Å². The molecule has 1 saturated heterocycles. The number of rotatable bonds is 3. The van der Waals surface area contributed by atoms with E-state index in [2.05, 4.69) is 10.3 Å². The molecule has 1 fully saturated rings. The number of nitro groups is 2. The highest BCUT2D eigenvalue weighted by Crippen LogP contribution is 2.48. The Labute approximate surface area is 163 Å². The first kappa shape index (κ1) is 18.0. The third-order valence-corrected chi connectivity index (χ3v) is 4.99. The van der Waals surface area contributed by atoms with Crippen molar-refractivity contribution in [2.24, 2.45) is 0 Å². The molecule has 2 aliphatic rings. The lowest BCUT2D eigenvalue weighted by atomic mass is 9.84. The second-order valence-electron chi connectivity index (χ2n) is 6.49. The van der Waals surface area contributed by atoms with Crippen LogP contribution in [-0.4, -0.2) is 27.9 Å². The van der Waals surface area contributed by atoms with E-state index in [9.17, 15) is 25.5 Å². The minimum Gasteiger partial charge on any atom is -0.397 e. The molecule has 2 aliphatic heterocycles. The molecule has 12 nitrogen and oxygen atoms in total. The number of hydrogen-bond donors (Lipinski definition) is 3. The zero-order chi connectivity index (χ0) is 20.9. The van der Waals surface area contributed by atoms with Gasteiger partial charge in [-0.15, -0.1) is 0 Å². The molecule has 1 unspecified atom stereocenters. The standard InChI is InChI=1S/C17H14N8O4/c18-7-10-13(19)12-11(8-1-3-9(4-2-8)24(26)27)14(25(28)29)17-21-5-6-23(17)16(12)22-15(10)20/h1-4,11,21H,5-6H2,(H4,19,20,22). The first-order valence-corrected chi connectivity index (χ1v) is 8.48. The van der Waals surface area contributed by atoms with Gasteiger partial charge in [0, 0.05) is 30.8 Å². The van der Waals surface area contributed by atoms with Crippen LogP contribution in [0.25, 0.3) is 0 Å². The van der Waals surface area contributed by atoms with E-state index >= 15 is 0 Å². The number of fused-ring (bicyclic) bond motifs is 3. The Morgan fingerprint density at radius 3 is 2.48 bits per heavy atom. The summed E-state index contributed by atoms with van der Waals surface area (Å²) in [6, 6.07) is 7.28. The second-order valence-corrected chi connectivity index (χ2v) is 6.49. The van der Waals surface area contributed by atoms with Gasteiger partial charge in [-0.25, -0.2) is 4.98 Å². The number of pyridine rings is 1. The van der Waals surface area contributed by atoms with Crippen molar-refractivity contribution in [1.82, 2.24) is 10.3 Å². The predicted octanol–water partition coefficient (Wildman–Crippen LogP) is 1.03. The average Bonchev–Trinajstić information content (AvgIpc) is 3.16. The molecule has 0 aliphatic carbocycles. The van der Waals surface area contributed by atoms with Crippen molar-refractivity contribution < 1.29 is 9.85 Å². The maximum Gasteiger partial charge on any atom is 0.298 e. The predicted molar refractivity (Wildman–Crippen MR) is 102 cm³/mol. The van der Waals surface area contributed by atoms with E-state index in [0.717, 1.165) is 0 Å². The van der Waals surface area contributed by atoms with Gasteiger partial charge in [0.05, 0.1) is 15.5 Å². The van der Waals surface area contributed by atoms with Crippen LogP contribution < -0.4 is 21.7 Å². The first-order chi connectivity index (χ1) is 13.8. The number of benzene rings is 1. The van der Waals surface area contributed by atoms with Gasteiger partial charge in [-0.1, -0.05) is 12.1 Å². The number of aromatic nitrogens is 1. The fraction of sp³-hybridized carbons (Fsp3) is 0.176. The van der Waals surface area contributed by atoms with Crippen molar-refractivity contribution >= 4 is 23.0 Å². The van der Waals surface area contributed by atoms with E-state index in [0.29, 0.717) is 24.5 Å². The molecule has 3 heterocycles. The summed E-state index contributed by atoms with van der Waals surface area (Å²) in [5, 5.41) is 35.4. The van der Waals surface area contributed by atoms with Gasteiger partial charge in [-0.2, -0.15) is 5.26 Å². The highest BCUT2D eigenvalue weighted by atomic mass is 16.6. The summed E-state index contributed by atoms with van der Waals surface area (Å²) in [6.45, 7) is 0.852. The van der Waals surface area contributed by atoms with Gasteiger partial charge in [0.25, 0.3) is 11.4 Å². The number of nitrogens with zero attached hydrogens (tertiary/aromatic N) is 5. The van der Waals surface area contributed by atoms with Gasteiger partial charge in [-0.3, -0.25) is 20.2 Å². The minimum atomic E-state index is -0.988. The van der Waals surface area contributed by atoms with E-state index in [1.165, 1.54) is 24.3 Å². The van der Waals surface area contributed by atoms with E-state index in [1.807, 2.05) is 6.07 Å². The van der Waals surface area contributed by atoms with Gasteiger partial charge in [-0.05, 0) is 5.56 Å². The van der Waals surface area contributed by atoms with Crippen LogP contribution in [0.4, 0.5) is 23.0 Å². The number of anilines is 3. The molecule has 12 heteroatoms. The molecular formula is C17H14N8O4. The summed E-state index contributed by atoms with van der Waals surface area (Å²) < 4.78 is 0. The number of allylic oxidation sites excluding steroid dienone is 1. The number of hydrogen-bond acceptors (Lipinski definition) is 10. The molecule has 4 rings (SSSR count). The first-order valence-electron chi connectivity index (χ1n) is 8.48. The summed E-state index contributed by atoms with van der Waals surface area (Å²) in [6.07, 6.45) is 0. The van der Waals surface area contributed by atoms with Gasteiger partial charge >= 0.3 is 0 Å². The molecule has 5 N–H and O–H groups in total. The Hall–Kier alpha value is -4.40. The third-order valence-electron chi connectivity index (χ3n) is 4.99. The Morgan fingerprint density at radius 2 is 1.90 bits per heavy atom. The van der Waals surface area contributed by atoms with Crippen molar-refractivity contribution in [1.29, 1.82) is 5.26 Å². The highest BCUT2D eigenvalue weighted by molar-refractivity contribution is 5.80. The van der Waals surface area contributed by atoms with Gasteiger partial charge in [0.2, 0.25) is 0 Å². The van der Waals surface area contributed by atoms with Crippen molar-refractivity contribution in [3.63, 3.8) is 0 Å². The number of nitrogens with two attached hydrogens (primary N) is 2. The summed E-state index contributed by atoms with van der Waals surface area (Å²) >= 11 is 0. The molecule has 0 amide bonds. The highest BCUT2D eigenvalue weighted by Gasteiger charge is 2.46. The zero-order valence-corrected chi connectivity index (χ0v) is 14.8. The quantitative estimate of drug-likeness (QED) is 0.500. The molecule has 29 heavy (non-hydrogen) atoms. The van der Waals surface area contributed by atoms with E-state index in [1.54, 1.807) is 4.90 Å². The van der Waals surface area contributed by atoms with Crippen molar-refractivity contribution in [2.45, 2.75) is 5.92 Å². The molecule has 0 radical (unpaired) electrons. The zero-order valence-electron chi connectivity index (χ0n) is 14.8. The summed E-state index contributed by atoms with van der Waals surface area (Å²) in [7, 11) is 0. The third kappa shape index (κ3) is 2.56. The van der Waals surface area contributed by atoms with Crippen LogP contribution in [-0.2, 0) is 0 Å². The smallest absolute Gasteiger partial charge is 0.298 e. The molecular weight excluding hydrogens is 380 g/mol. The van der Waals surface area contributed by atoms with Crippen LogP contribution in [0.2, 0.25) is 0 Å². The summed E-state index contributed by atoms with van der Waals surface area (Å²) in [5.74, 6) is -0.463. The number of nitrogen functional groups attached to an aromatic ring is 2. The van der Waals surface area contributed by atoms with Gasteiger partial charge in [0.15, 0.2) is 5.82 Å². The molecule has 1 aromatic heterocycles. The van der Waals surface area contributed by atoms with Gasteiger partial charge in [0.1, 0.15) is 29.2 Å². The normalized spacial score (nSPS) is 17.2. The van der Waals surface area contributed by atoms with Crippen molar-refractivity contribution in [2.75, 3.05) is 29.5 Å². The Bertz CT molecular complexity index is 1140. The van der Waals surface area contributed by atoms with Gasteiger partial charge < -0.3 is 21.7 Å². The maximum atomic E-state index is 12.0. The number of nitro benzene ring substituents is 1. The van der Waals surface area contributed by atoms with E-state index in [4.69, 9.17) is 11.5 Å². The lowest BCUT2D eigenvalue weighted by Crippen LogP contribution is -2.34. The fourth-order valence-electron chi connectivity index (χ4n) is 3.74. The van der Waals surface area contributed by atoms with E-state index < -0.39 is 15.8 Å². The van der Waals surface area contributed by atoms with Crippen LogP contribution >= 0.6 is 0 Å². The number of non-ortho nitro benzene ring substituents is 1. The lowest BCUT2D eigenvalue weighted by molar-refractivity contribution is -0.430. The van der Waals surface area contributed by atoms with Crippen molar-refractivity contribution in [3.8, 4) is 6.07 Å². The molecule has 0 saturated carbocycles. The Kier molecular flexibility index (Phi) is 3.93. The topological polar surface area (TPSA) is 190 Å². The van der Waals surface area contributed by atoms with Crippen molar-refractivity contribution in [3.05, 3.63) is 72.7 Å². The van der Waals surface area contributed by atoms with Crippen LogP contribution in [0.1, 0.15) is 22.6 Å². The minimum absolute atomic E-state index is 0.00338. The molecule has 1 aromatic carbocycles. The van der Waals surface area contributed by atoms with Crippen LogP contribution in [0.15, 0.2) is 35.8 Å². The van der Waals surface area contributed by atoms with Crippen LogP contribution in [0.3, 0.4) is 0 Å². The molecule has 2 aromatic rings. The second kappa shape index (κ2) is 6.34. The largest absolute Gasteiger partial charge is 0.397 e. The monoisotopic (exact) mass is 394 g/mol. The molecule has 0 spiro atoms. The summed E-state index contributed by atoms with van der Waals surface area (Å²) in [5.41, 5.74) is 12.4. The average molecular weight is 394 g/mol.